The van der Waals surface area contributed by atoms with E-state index in [0.29, 0.717) is 0 Å². The summed E-state index contributed by atoms with van der Waals surface area (Å²) in [5, 5.41) is 12.2. The fourth-order valence-electron chi connectivity index (χ4n) is 1.05. The summed E-state index contributed by atoms with van der Waals surface area (Å²) in [4.78, 5) is 4.33. The highest BCUT2D eigenvalue weighted by atomic mass is 79.9. The maximum Gasteiger partial charge on any atom is 0.126 e. The molecule has 0 bridgehead atoms. The molecule has 0 aliphatic rings. The Morgan fingerprint density at radius 3 is 2.86 bits per heavy atom. The van der Waals surface area contributed by atoms with Crippen LogP contribution in [0.4, 0.5) is 5.82 Å². The number of hydrogen-bond acceptors (Lipinski definition) is 3. The van der Waals surface area contributed by atoms with Crippen molar-refractivity contribution in [3.63, 3.8) is 0 Å². The zero-order chi connectivity index (χ0) is 10.6. The van der Waals surface area contributed by atoms with Crippen molar-refractivity contribution in [3.05, 3.63) is 22.3 Å². The Labute approximate surface area is 92.7 Å². The molecule has 14 heavy (non-hydrogen) atoms. The largest absolute Gasteiger partial charge is 0.393 e. The van der Waals surface area contributed by atoms with E-state index in [4.69, 9.17) is 5.11 Å². The number of pyridine rings is 1. The molecular formula is C10H15BrN2O. The molecule has 0 saturated heterocycles. The van der Waals surface area contributed by atoms with Crippen LogP contribution in [0, 0.1) is 6.92 Å². The minimum Gasteiger partial charge on any atom is -0.393 e. The van der Waals surface area contributed by atoms with Gasteiger partial charge in [0.25, 0.3) is 0 Å². The smallest absolute Gasteiger partial charge is 0.126 e. The Bertz CT molecular complexity index is 302. The number of nitrogens with zero attached hydrogens (tertiary/aromatic N) is 1. The lowest BCUT2D eigenvalue weighted by Crippen LogP contribution is -2.10. The van der Waals surface area contributed by atoms with Gasteiger partial charge in [-0.05, 0) is 48.3 Å². The molecule has 0 saturated carbocycles. The Kier molecular flexibility index (Phi) is 4.35. The fraction of sp³-hybridized carbons (Fsp3) is 0.500. The van der Waals surface area contributed by atoms with Crippen LogP contribution in [0.3, 0.4) is 0 Å². The molecule has 0 spiro atoms. The highest BCUT2D eigenvalue weighted by Gasteiger charge is 1.99. The van der Waals surface area contributed by atoms with Gasteiger partial charge in [0, 0.05) is 11.0 Å². The summed E-state index contributed by atoms with van der Waals surface area (Å²) in [6, 6.07) is 3.88. The summed E-state index contributed by atoms with van der Waals surface area (Å²) >= 11 is 3.39. The predicted octanol–water partition coefficient (Wildman–Crippen LogP) is 2.34. The number of nitrogens with one attached hydrogen (secondary N) is 1. The van der Waals surface area contributed by atoms with Crippen LogP contribution in [-0.2, 0) is 0 Å². The van der Waals surface area contributed by atoms with Crippen LogP contribution < -0.4 is 5.32 Å². The van der Waals surface area contributed by atoms with Gasteiger partial charge in [0.1, 0.15) is 5.82 Å². The molecule has 1 heterocycles. The Morgan fingerprint density at radius 2 is 2.29 bits per heavy atom. The first kappa shape index (κ1) is 11.5. The van der Waals surface area contributed by atoms with Crippen LogP contribution in [-0.4, -0.2) is 22.7 Å². The van der Waals surface area contributed by atoms with Gasteiger partial charge >= 0.3 is 0 Å². The topological polar surface area (TPSA) is 45.2 Å². The molecular weight excluding hydrogens is 244 g/mol. The quantitative estimate of drug-likeness (QED) is 0.872. The molecule has 0 aromatic carbocycles. The normalized spacial score (nSPS) is 12.6. The summed E-state index contributed by atoms with van der Waals surface area (Å²) in [6.45, 7) is 4.47. The molecule has 2 N–H and O–H groups in total. The highest BCUT2D eigenvalue weighted by molar-refractivity contribution is 9.10. The molecule has 1 atom stereocenters. The van der Waals surface area contributed by atoms with Crippen molar-refractivity contribution >= 4 is 21.7 Å². The minimum atomic E-state index is -0.265. The zero-order valence-corrected chi connectivity index (χ0v) is 10.0. The van der Waals surface area contributed by atoms with Crippen molar-refractivity contribution in [3.8, 4) is 0 Å². The molecule has 1 rings (SSSR count). The van der Waals surface area contributed by atoms with E-state index >= 15 is 0 Å². The highest BCUT2D eigenvalue weighted by Crippen LogP contribution is 2.15. The molecule has 0 aliphatic carbocycles. The van der Waals surface area contributed by atoms with Crippen LogP contribution in [0.1, 0.15) is 19.0 Å². The monoisotopic (exact) mass is 258 g/mol. The van der Waals surface area contributed by atoms with Crippen molar-refractivity contribution in [1.82, 2.24) is 4.98 Å². The number of hydrogen-bond donors (Lipinski definition) is 2. The van der Waals surface area contributed by atoms with Gasteiger partial charge in [0.2, 0.25) is 0 Å². The molecule has 0 amide bonds. The van der Waals surface area contributed by atoms with E-state index in [-0.39, 0.29) is 6.10 Å². The van der Waals surface area contributed by atoms with Crippen LogP contribution in [0.2, 0.25) is 0 Å². The number of aromatic nitrogens is 1. The first-order chi connectivity index (χ1) is 6.59. The van der Waals surface area contributed by atoms with E-state index < -0.39 is 0 Å². The van der Waals surface area contributed by atoms with Gasteiger partial charge in [0.15, 0.2) is 0 Å². The van der Waals surface area contributed by atoms with Crippen molar-refractivity contribution < 1.29 is 5.11 Å². The van der Waals surface area contributed by atoms with Gasteiger partial charge in [0.05, 0.1) is 11.8 Å². The third-order valence-electron chi connectivity index (χ3n) is 1.89. The summed E-state index contributed by atoms with van der Waals surface area (Å²) in [6.07, 6.45) is 0.468. The van der Waals surface area contributed by atoms with Crippen molar-refractivity contribution in [1.29, 1.82) is 0 Å². The van der Waals surface area contributed by atoms with Crippen LogP contribution in [0.15, 0.2) is 16.6 Å². The molecule has 1 aromatic rings. The van der Waals surface area contributed by atoms with Gasteiger partial charge in [-0.25, -0.2) is 4.98 Å². The molecule has 3 nitrogen and oxygen atoms in total. The summed E-state index contributed by atoms with van der Waals surface area (Å²) in [7, 11) is 0. The van der Waals surface area contributed by atoms with Gasteiger partial charge in [-0.2, -0.15) is 0 Å². The molecule has 4 heteroatoms. The third kappa shape index (κ3) is 3.64. The summed E-state index contributed by atoms with van der Waals surface area (Å²) < 4.78 is 1.01. The average molecular weight is 259 g/mol. The summed E-state index contributed by atoms with van der Waals surface area (Å²) in [5.41, 5.74) is 0.965. The molecule has 78 valence electrons. The molecule has 0 fully saturated rings. The zero-order valence-electron chi connectivity index (χ0n) is 8.42. The molecule has 0 aliphatic heterocycles. The fourth-order valence-corrected chi connectivity index (χ4v) is 1.27. The molecule has 1 unspecified atom stereocenters. The standard InChI is InChI=1S/C10H15BrN2O/c1-7(14)5-6-12-10-4-3-9(11)8(2)13-10/h3-4,7,14H,5-6H2,1-2H3,(H,12,13). The lowest BCUT2D eigenvalue weighted by molar-refractivity contribution is 0.188. The lowest BCUT2D eigenvalue weighted by atomic mass is 10.3. The number of aliphatic hydroxyl groups excluding tert-OH is 1. The minimum absolute atomic E-state index is 0.265. The first-order valence-electron chi connectivity index (χ1n) is 4.64. The van der Waals surface area contributed by atoms with E-state index in [1.165, 1.54) is 0 Å². The van der Waals surface area contributed by atoms with Crippen LogP contribution in [0.5, 0.6) is 0 Å². The van der Waals surface area contributed by atoms with Crippen LogP contribution >= 0.6 is 15.9 Å². The van der Waals surface area contributed by atoms with Gasteiger partial charge in [-0.3, -0.25) is 0 Å². The van der Waals surface area contributed by atoms with E-state index in [1.54, 1.807) is 6.92 Å². The number of anilines is 1. The van der Waals surface area contributed by atoms with Gasteiger partial charge in [-0.15, -0.1) is 0 Å². The number of aliphatic hydroxyl groups is 1. The van der Waals surface area contributed by atoms with Crippen LogP contribution in [0.25, 0.3) is 0 Å². The van der Waals surface area contributed by atoms with Crippen molar-refractivity contribution in [2.24, 2.45) is 0 Å². The van der Waals surface area contributed by atoms with Crippen molar-refractivity contribution in [2.75, 3.05) is 11.9 Å². The lowest BCUT2D eigenvalue weighted by Gasteiger charge is -2.08. The maximum absolute atomic E-state index is 9.06. The second-order valence-electron chi connectivity index (χ2n) is 3.33. The van der Waals surface area contributed by atoms with Gasteiger partial charge in [-0.1, -0.05) is 0 Å². The Hall–Kier alpha value is -0.610. The average Bonchev–Trinajstić information content (AvgIpc) is 2.10. The number of halogens is 1. The summed E-state index contributed by atoms with van der Waals surface area (Å²) in [5.74, 6) is 0.853. The Morgan fingerprint density at radius 1 is 1.57 bits per heavy atom. The second-order valence-corrected chi connectivity index (χ2v) is 4.18. The molecule has 1 aromatic heterocycles. The van der Waals surface area contributed by atoms with E-state index in [9.17, 15) is 0 Å². The third-order valence-corrected chi connectivity index (χ3v) is 2.73. The van der Waals surface area contributed by atoms with Gasteiger partial charge < -0.3 is 10.4 Å². The number of rotatable bonds is 4. The van der Waals surface area contributed by atoms with E-state index in [0.717, 1.165) is 29.0 Å². The first-order valence-corrected chi connectivity index (χ1v) is 5.44. The Balaban J connectivity index is 2.47. The SMILES string of the molecule is Cc1nc(NCCC(C)O)ccc1Br. The predicted molar refractivity (Wildman–Crippen MR) is 61.5 cm³/mol. The van der Waals surface area contributed by atoms with Crippen molar-refractivity contribution in [2.45, 2.75) is 26.4 Å². The van der Waals surface area contributed by atoms with E-state index in [2.05, 4.69) is 26.2 Å². The number of aryl methyl sites for hydroxylation is 1. The molecule has 0 radical (unpaired) electrons. The van der Waals surface area contributed by atoms with E-state index in [1.807, 2.05) is 19.1 Å². The second kappa shape index (κ2) is 5.32. The maximum atomic E-state index is 9.06.